The highest BCUT2D eigenvalue weighted by Crippen LogP contribution is 1.96. The van der Waals surface area contributed by atoms with Gasteiger partial charge in [0, 0.05) is 19.1 Å². The summed E-state index contributed by atoms with van der Waals surface area (Å²) >= 11 is 0. The maximum absolute atomic E-state index is 11.2. The van der Waals surface area contributed by atoms with Crippen LogP contribution in [0, 0.1) is 0 Å². The monoisotopic (exact) mass is 218 g/mol. The molecule has 88 valence electrons. The molecule has 0 unspecified atom stereocenters. The maximum Gasteiger partial charge on any atom is 0.320 e. The molecule has 0 fully saturated rings. The predicted octanol–water partition coefficient (Wildman–Crippen LogP) is -0.934. The van der Waals surface area contributed by atoms with Crippen LogP contribution in [0.15, 0.2) is 0 Å². The number of aliphatic carboxylic acids is 1. The molecule has 0 spiro atoms. The average Bonchev–Trinajstić information content (AvgIpc) is 2.14. The highest BCUT2D eigenvalue weighted by Gasteiger charge is 2.14. The molecule has 0 aliphatic rings. The van der Waals surface area contributed by atoms with Crippen LogP contribution in [0.2, 0.25) is 0 Å². The number of carboxylic acid groups (broad SMARTS) is 1. The molecule has 0 bridgehead atoms. The Morgan fingerprint density at radius 1 is 1.40 bits per heavy atom. The fraction of sp³-hybridized carbons (Fsp3) is 0.778. The lowest BCUT2D eigenvalue weighted by Crippen LogP contribution is -2.36. The van der Waals surface area contributed by atoms with Gasteiger partial charge in [-0.3, -0.25) is 9.59 Å². The molecule has 0 aromatic heterocycles. The molecule has 0 aliphatic heterocycles. The fourth-order valence-electron chi connectivity index (χ4n) is 1.02. The predicted molar refractivity (Wildman–Crippen MR) is 54.2 cm³/mol. The Kier molecular flexibility index (Phi) is 6.64. The van der Waals surface area contributed by atoms with Crippen molar-refractivity contribution in [2.75, 3.05) is 6.61 Å². The van der Waals surface area contributed by atoms with Crippen LogP contribution < -0.4 is 11.1 Å². The first kappa shape index (κ1) is 13.9. The lowest BCUT2D eigenvalue weighted by atomic mass is 10.1. The third kappa shape index (κ3) is 6.87. The highest BCUT2D eigenvalue weighted by atomic mass is 16.4. The van der Waals surface area contributed by atoms with E-state index in [4.69, 9.17) is 15.9 Å². The summed E-state index contributed by atoms with van der Waals surface area (Å²) in [5.74, 6) is -1.35. The SMILES string of the molecule is C[C@H](CCO)NC(=O)CC[C@H](N)C(=O)O. The topological polar surface area (TPSA) is 113 Å². The molecule has 0 heterocycles. The van der Waals surface area contributed by atoms with Crippen LogP contribution in [0.1, 0.15) is 26.2 Å². The third-order valence-electron chi connectivity index (χ3n) is 1.97. The van der Waals surface area contributed by atoms with Gasteiger partial charge in [0.2, 0.25) is 5.91 Å². The number of rotatable bonds is 7. The molecule has 0 rings (SSSR count). The van der Waals surface area contributed by atoms with Crippen molar-refractivity contribution in [2.24, 2.45) is 5.73 Å². The van der Waals surface area contributed by atoms with E-state index < -0.39 is 12.0 Å². The zero-order chi connectivity index (χ0) is 11.8. The van der Waals surface area contributed by atoms with Gasteiger partial charge in [-0.25, -0.2) is 0 Å². The Balaban J connectivity index is 3.70. The summed E-state index contributed by atoms with van der Waals surface area (Å²) in [5.41, 5.74) is 5.23. The van der Waals surface area contributed by atoms with Gasteiger partial charge in [0.05, 0.1) is 0 Å². The standard InChI is InChI=1S/C9H18N2O4/c1-6(4-5-12)11-8(13)3-2-7(10)9(14)15/h6-7,12H,2-5,10H2,1H3,(H,11,13)(H,14,15)/t6-,7+/m1/s1. The number of carbonyl (C=O) groups is 2. The van der Waals surface area contributed by atoms with E-state index in [1.807, 2.05) is 0 Å². The van der Waals surface area contributed by atoms with Crippen molar-refractivity contribution in [1.82, 2.24) is 5.32 Å². The average molecular weight is 218 g/mol. The van der Waals surface area contributed by atoms with Gasteiger partial charge in [0.15, 0.2) is 0 Å². The molecular weight excluding hydrogens is 200 g/mol. The fourth-order valence-corrected chi connectivity index (χ4v) is 1.02. The first-order valence-electron chi connectivity index (χ1n) is 4.86. The van der Waals surface area contributed by atoms with Crippen LogP contribution in [0.5, 0.6) is 0 Å². The molecule has 1 amide bonds. The second-order valence-electron chi connectivity index (χ2n) is 3.46. The Morgan fingerprint density at radius 3 is 2.47 bits per heavy atom. The number of aliphatic hydroxyl groups is 1. The van der Waals surface area contributed by atoms with E-state index in [2.05, 4.69) is 5.32 Å². The van der Waals surface area contributed by atoms with E-state index >= 15 is 0 Å². The Hall–Kier alpha value is -1.14. The molecule has 6 heteroatoms. The van der Waals surface area contributed by atoms with Gasteiger partial charge in [-0.2, -0.15) is 0 Å². The minimum atomic E-state index is -1.11. The largest absolute Gasteiger partial charge is 0.480 e. The van der Waals surface area contributed by atoms with Crippen molar-refractivity contribution in [1.29, 1.82) is 0 Å². The van der Waals surface area contributed by atoms with Crippen molar-refractivity contribution in [3.63, 3.8) is 0 Å². The van der Waals surface area contributed by atoms with Crippen LogP contribution in [-0.2, 0) is 9.59 Å². The smallest absolute Gasteiger partial charge is 0.320 e. The number of amides is 1. The highest BCUT2D eigenvalue weighted by molar-refractivity contribution is 5.78. The number of hydrogen-bond acceptors (Lipinski definition) is 4. The minimum absolute atomic E-state index is 0.0100. The number of carboxylic acids is 1. The first-order valence-corrected chi connectivity index (χ1v) is 4.86. The van der Waals surface area contributed by atoms with Crippen LogP contribution >= 0.6 is 0 Å². The summed E-state index contributed by atoms with van der Waals surface area (Å²) in [6, 6.07) is -1.10. The van der Waals surface area contributed by atoms with E-state index in [0.29, 0.717) is 6.42 Å². The van der Waals surface area contributed by atoms with Crippen molar-refractivity contribution in [3.8, 4) is 0 Å². The summed E-state index contributed by atoms with van der Waals surface area (Å²) in [5, 5.41) is 19.7. The van der Waals surface area contributed by atoms with Crippen LogP contribution in [0.25, 0.3) is 0 Å². The van der Waals surface area contributed by atoms with Crippen LogP contribution in [0.4, 0.5) is 0 Å². The number of hydrogen-bond donors (Lipinski definition) is 4. The van der Waals surface area contributed by atoms with Gasteiger partial charge < -0.3 is 21.3 Å². The van der Waals surface area contributed by atoms with Gasteiger partial charge in [0.25, 0.3) is 0 Å². The summed E-state index contributed by atoms with van der Waals surface area (Å²) in [7, 11) is 0. The molecule has 6 nitrogen and oxygen atoms in total. The summed E-state index contributed by atoms with van der Waals surface area (Å²) in [4.78, 5) is 21.6. The van der Waals surface area contributed by atoms with Crippen molar-refractivity contribution in [2.45, 2.75) is 38.3 Å². The lowest BCUT2D eigenvalue weighted by molar-refractivity contribution is -0.138. The normalized spacial score (nSPS) is 14.3. The van der Waals surface area contributed by atoms with Crippen LogP contribution in [0.3, 0.4) is 0 Å². The zero-order valence-corrected chi connectivity index (χ0v) is 8.77. The molecule has 0 radical (unpaired) electrons. The molecule has 0 aromatic rings. The van der Waals surface area contributed by atoms with E-state index in [-0.39, 0.29) is 31.4 Å². The Morgan fingerprint density at radius 2 is 2.00 bits per heavy atom. The second-order valence-corrected chi connectivity index (χ2v) is 3.46. The van der Waals surface area contributed by atoms with E-state index in [0.717, 1.165) is 0 Å². The minimum Gasteiger partial charge on any atom is -0.480 e. The van der Waals surface area contributed by atoms with Gasteiger partial charge >= 0.3 is 5.97 Å². The third-order valence-corrected chi connectivity index (χ3v) is 1.97. The molecular formula is C9H18N2O4. The maximum atomic E-state index is 11.2. The van der Waals surface area contributed by atoms with E-state index in [9.17, 15) is 9.59 Å². The van der Waals surface area contributed by atoms with Crippen LogP contribution in [-0.4, -0.2) is 40.8 Å². The quantitative estimate of drug-likeness (QED) is 0.441. The molecule has 0 saturated carbocycles. The molecule has 5 N–H and O–H groups in total. The number of nitrogens with two attached hydrogens (primary N) is 1. The zero-order valence-electron chi connectivity index (χ0n) is 8.77. The van der Waals surface area contributed by atoms with E-state index in [1.54, 1.807) is 6.92 Å². The van der Waals surface area contributed by atoms with Gasteiger partial charge in [0.1, 0.15) is 6.04 Å². The van der Waals surface area contributed by atoms with Crippen molar-refractivity contribution in [3.05, 3.63) is 0 Å². The summed E-state index contributed by atoms with van der Waals surface area (Å²) in [6.07, 6.45) is 0.687. The summed E-state index contributed by atoms with van der Waals surface area (Å²) in [6.45, 7) is 1.78. The number of carbonyl (C=O) groups excluding carboxylic acids is 1. The Bertz CT molecular complexity index is 220. The second kappa shape index (κ2) is 7.19. The summed E-state index contributed by atoms with van der Waals surface area (Å²) < 4.78 is 0. The van der Waals surface area contributed by atoms with Crippen molar-refractivity contribution < 1.29 is 19.8 Å². The molecule has 2 atom stereocenters. The van der Waals surface area contributed by atoms with Gasteiger partial charge in [-0.05, 0) is 19.8 Å². The lowest BCUT2D eigenvalue weighted by Gasteiger charge is -2.12. The number of aliphatic hydroxyl groups excluding tert-OH is 1. The molecule has 0 aliphatic carbocycles. The van der Waals surface area contributed by atoms with Gasteiger partial charge in [-0.1, -0.05) is 0 Å². The molecule has 0 saturated heterocycles. The van der Waals surface area contributed by atoms with Crippen molar-refractivity contribution >= 4 is 11.9 Å². The Labute approximate surface area is 88.5 Å². The number of nitrogens with one attached hydrogen (secondary N) is 1. The first-order chi connectivity index (χ1) is 6.97. The molecule has 0 aromatic carbocycles. The van der Waals surface area contributed by atoms with E-state index in [1.165, 1.54) is 0 Å². The molecule has 15 heavy (non-hydrogen) atoms. The van der Waals surface area contributed by atoms with Gasteiger partial charge in [-0.15, -0.1) is 0 Å².